The maximum absolute atomic E-state index is 12.8. The van der Waals surface area contributed by atoms with E-state index in [0.717, 1.165) is 17.5 Å². The van der Waals surface area contributed by atoms with Crippen LogP contribution in [0.3, 0.4) is 0 Å². The van der Waals surface area contributed by atoms with Crippen molar-refractivity contribution in [2.24, 2.45) is 0 Å². The molecule has 0 unspecified atom stereocenters. The number of fused-ring (bicyclic) bond motifs is 1. The predicted octanol–water partition coefficient (Wildman–Crippen LogP) is 2.56. The summed E-state index contributed by atoms with van der Waals surface area (Å²) in [5, 5.41) is 0.606. The van der Waals surface area contributed by atoms with Gasteiger partial charge in [0.1, 0.15) is 5.75 Å². The van der Waals surface area contributed by atoms with Gasteiger partial charge in [0.15, 0.2) is 0 Å². The molecule has 3 rings (SSSR count). The molecule has 1 aromatic carbocycles. The van der Waals surface area contributed by atoms with E-state index in [1.807, 2.05) is 32.9 Å². The predicted molar refractivity (Wildman–Crippen MR) is 146 cm³/mol. The zero-order valence-corrected chi connectivity index (χ0v) is 23.6. The SMILES string of the molecule is COc1c(C(C)(C)C)cc(-c2ccc(C)[nH]c2=O)c2ncc(CS(=O)(=O)NCCCNS(C)(=O)=O)cc12. The van der Waals surface area contributed by atoms with Gasteiger partial charge in [-0.3, -0.25) is 9.78 Å². The zero-order chi connectivity index (χ0) is 27.6. The van der Waals surface area contributed by atoms with E-state index in [4.69, 9.17) is 4.74 Å². The van der Waals surface area contributed by atoms with Crippen LogP contribution in [0.15, 0.2) is 35.3 Å². The van der Waals surface area contributed by atoms with Crippen LogP contribution in [0.2, 0.25) is 0 Å². The van der Waals surface area contributed by atoms with Crippen LogP contribution in [-0.4, -0.2) is 53.3 Å². The molecule has 2 aromatic heterocycles. The highest BCUT2D eigenvalue weighted by Crippen LogP contribution is 2.41. The van der Waals surface area contributed by atoms with E-state index in [1.54, 1.807) is 26.2 Å². The van der Waals surface area contributed by atoms with Crippen molar-refractivity contribution in [2.75, 3.05) is 26.5 Å². The monoisotopic (exact) mass is 550 g/mol. The lowest BCUT2D eigenvalue weighted by Gasteiger charge is -2.25. The summed E-state index contributed by atoms with van der Waals surface area (Å²) in [5.74, 6) is 0.250. The quantitative estimate of drug-likeness (QED) is 0.329. The van der Waals surface area contributed by atoms with Gasteiger partial charge in [-0.1, -0.05) is 20.8 Å². The molecule has 0 radical (unpaired) electrons. The molecule has 0 bridgehead atoms. The second-order valence-electron chi connectivity index (χ2n) is 10.1. The number of aryl methyl sites for hydroxylation is 1. The largest absolute Gasteiger partial charge is 0.496 e. The summed E-state index contributed by atoms with van der Waals surface area (Å²) in [6, 6.07) is 7.22. The summed E-state index contributed by atoms with van der Waals surface area (Å²) in [4.78, 5) is 20.2. The molecule has 3 N–H and O–H groups in total. The normalized spacial score (nSPS) is 12.7. The molecule has 0 spiro atoms. The number of nitrogens with one attached hydrogen (secondary N) is 3. The molecule has 10 nitrogen and oxygen atoms in total. The molecule has 0 amide bonds. The van der Waals surface area contributed by atoms with Gasteiger partial charge in [-0.2, -0.15) is 0 Å². The van der Waals surface area contributed by atoms with Gasteiger partial charge in [-0.05, 0) is 48.6 Å². The number of benzene rings is 1. The highest BCUT2D eigenvalue weighted by atomic mass is 32.2. The summed E-state index contributed by atoms with van der Waals surface area (Å²) in [6.45, 7) is 8.12. The summed E-state index contributed by atoms with van der Waals surface area (Å²) in [5.41, 5.74) is 3.08. The highest BCUT2D eigenvalue weighted by Gasteiger charge is 2.25. The van der Waals surface area contributed by atoms with Crippen molar-refractivity contribution < 1.29 is 21.6 Å². The molecule has 0 saturated carbocycles. The molecule has 0 fully saturated rings. The van der Waals surface area contributed by atoms with E-state index >= 15 is 0 Å². The average Bonchev–Trinajstić information content (AvgIpc) is 2.76. The number of aromatic nitrogens is 2. The number of H-pyrrole nitrogens is 1. The van der Waals surface area contributed by atoms with Gasteiger partial charge in [0.25, 0.3) is 5.56 Å². The number of pyridine rings is 2. The van der Waals surface area contributed by atoms with Gasteiger partial charge in [0, 0.05) is 47.1 Å². The molecule has 0 atom stereocenters. The molecule has 0 aliphatic rings. The average molecular weight is 551 g/mol. The summed E-state index contributed by atoms with van der Waals surface area (Å²) < 4.78 is 58.2. The molecule has 202 valence electrons. The Morgan fingerprint density at radius 1 is 1.03 bits per heavy atom. The first-order valence-corrected chi connectivity index (χ1v) is 15.3. The molecule has 2 heterocycles. The minimum Gasteiger partial charge on any atom is -0.496 e. The van der Waals surface area contributed by atoms with Gasteiger partial charge in [0.2, 0.25) is 20.0 Å². The fourth-order valence-electron chi connectivity index (χ4n) is 4.01. The lowest BCUT2D eigenvalue weighted by molar-refractivity contribution is 0.402. The Bertz CT molecular complexity index is 1570. The van der Waals surface area contributed by atoms with Gasteiger partial charge in [-0.15, -0.1) is 0 Å². The standard InChI is InChI=1S/C25H34N4O6S2/c1-16-8-9-18(24(30)29-16)19-13-21(25(2,3)4)23(35-5)20-12-17(14-26-22(19)20)15-37(33,34)28-11-7-10-27-36(6,31)32/h8-9,12-14,27-28H,7,10-11,15H2,1-6H3,(H,29,30). The van der Waals surface area contributed by atoms with Gasteiger partial charge in [0.05, 0.1) is 24.6 Å². The molecular weight excluding hydrogens is 516 g/mol. The van der Waals surface area contributed by atoms with Crippen molar-refractivity contribution in [3.05, 3.63) is 57.6 Å². The van der Waals surface area contributed by atoms with E-state index in [-0.39, 0.29) is 29.8 Å². The van der Waals surface area contributed by atoms with Crippen LogP contribution in [-0.2, 0) is 31.2 Å². The summed E-state index contributed by atoms with van der Waals surface area (Å²) >= 11 is 0. The fraction of sp³-hybridized carbons (Fsp3) is 0.440. The first kappa shape index (κ1) is 28.8. The molecular formula is C25H34N4O6S2. The fourth-order valence-corrected chi connectivity index (χ4v) is 5.68. The van der Waals surface area contributed by atoms with Crippen LogP contribution in [0.5, 0.6) is 5.75 Å². The van der Waals surface area contributed by atoms with E-state index < -0.39 is 20.0 Å². The molecule has 12 heteroatoms. The first-order valence-electron chi connectivity index (χ1n) is 11.7. The van der Waals surface area contributed by atoms with Crippen LogP contribution in [0, 0.1) is 6.92 Å². The Morgan fingerprint density at radius 3 is 2.30 bits per heavy atom. The smallest absolute Gasteiger partial charge is 0.256 e. The second kappa shape index (κ2) is 10.9. The number of aromatic amines is 1. The maximum Gasteiger partial charge on any atom is 0.256 e. The zero-order valence-electron chi connectivity index (χ0n) is 21.9. The minimum absolute atomic E-state index is 0.0870. The lowest BCUT2D eigenvalue weighted by Crippen LogP contribution is -2.30. The molecule has 37 heavy (non-hydrogen) atoms. The number of hydrogen-bond acceptors (Lipinski definition) is 7. The molecule has 0 aliphatic heterocycles. The van der Waals surface area contributed by atoms with Crippen LogP contribution in [0.25, 0.3) is 22.0 Å². The van der Waals surface area contributed by atoms with Crippen molar-refractivity contribution in [1.82, 2.24) is 19.4 Å². The molecule has 0 saturated heterocycles. The topological polar surface area (TPSA) is 147 Å². The van der Waals surface area contributed by atoms with Crippen LogP contribution in [0.1, 0.15) is 44.0 Å². The Balaban J connectivity index is 2.03. The van der Waals surface area contributed by atoms with Crippen LogP contribution >= 0.6 is 0 Å². The van der Waals surface area contributed by atoms with Gasteiger partial charge < -0.3 is 9.72 Å². The minimum atomic E-state index is -3.71. The van der Waals surface area contributed by atoms with E-state index in [9.17, 15) is 21.6 Å². The summed E-state index contributed by atoms with van der Waals surface area (Å²) in [6.07, 6.45) is 2.83. The van der Waals surface area contributed by atoms with E-state index in [2.05, 4.69) is 19.4 Å². The number of hydrogen-bond donors (Lipinski definition) is 3. The molecule has 3 aromatic rings. The van der Waals surface area contributed by atoms with Crippen molar-refractivity contribution in [3.8, 4) is 16.9 Å². The number of rotatable bonds is 10. The third kappa shape index (κ3) is 7.37. The highest BCUT2D eigenvalue weighted by molar-refractivity contribution is 7.89. The number of ether oxygens (including phenoxy) is 1. The van der Waals surface area contributed by atoms with Crippen LogP contribution < -0.4 is 19.7 Å². The van der Waals surface area contributed by atoms with E-state index in [0.29, 0.717) is 39.8 Å². The maximum atomic E-state index is 12.8. The number of methoxy groups -OCH3 is 1. The Hall–Kier alpha value is -2.80. The van der Waals surface area contributed by atoms with Crippen molar-refractivity contribution >= 4 is 30.9 Å². The number of nitrogens with zero attached hydrogens (tertiary/aromatic N) is 1. The Kier molecular flexibility index (Phi) is 8.47. The van der Waals surface area contributed by atoms with Crippen molar-refractivity contribution in [2.45, 2.75) is 45.3 Å². The van der Waals surface area contributed by atoms with Gasteiger partial charge >= 0.3 is 0 Å². The summed E-state index contributed by atoms with van der Waals surface area (Å²) in [7, 11) is -5.49. The van der Waals surface area contributed by atoms with Crippen molar-refractivity contribution in [3.63, 3.8) is 0 Å². The Morgan fingerprint density at radius 2 is 1.70 bits per heavy atom. The number of sulfonamides is 2. The lowest BCUT2D eigenvalue weighted by atomic mass is 9.83. The van der Waals surface area contributed by atoms with E-state index in [1.165, 1.54) is 6.20 Å². The van der Waals surface area contributed by atoms with Crippen LogP contribution in [0.4, 0.5) is 0 Å². The second-order valence-corrected chi connectivity index (χ2v) is 13.7. The van der Waals surface area contributed by atoms with Crippen molar-refractivity contribution in [1.29, 1.82) is 0 Å². The van der Waals surface area contributed by atoms with Gasteiger partial charge in [-0.25, -0.2) is 26.3 Å². The third-order valence-corrected chi connectivity index (χ3v) is 7.82. The third-order valence-electron chi connectivity index (χ3n) is 5.73. The molecule has 0 aliphatic carbocycles. The first-order chi connectivity index (χ1) is 17.1. The Labute approximate surface area is 218 Å².